The van der Waals surface area contributed by atoms with Crippen molar-refractivity contribution in [2.24, 2.45) is 0 Å². The monoisotopic (exact) mass is 338 g/mol. The van der Waals surface area contributed by atoms with Crippen LogP contribution in [-0.4, -0.2) is 40.3 Å². The van der Waals surface area contributed by atoms with E-state index in [0.717, 1.165) is 0 Å². The van der Waals surface area contributed by atoms with E-state index in [0.29, 0.717) is 0 Å². The van der Waals surface area contributed by atoms with Crippen molar-refractivity contribution in [1.82, 2.24) is 0 Å². The van der Waals surface area contributed by atoms with E-state index in [-0.39, 0.29) is 19.3 Å². The molecule has 0 aliphatic heterocycles. The first-order chi connectivity index (χ1) is 8.11. The number of thiol groups is 1. The molecule has 0 spiro atoms. The number of aliphatic hydroxyl groups is 1. The number of aliphatic hydroxyl groups excluding tert-OH is 1. The van der Waals surface area contributed by atoms with E-state index in [1.807, 2.05) is 0 Å². The van der Waals surface area contributed by atoms with E-state index in [9.17, 15) is 14.6 Å². The predicted octanol–water partition coefficient (Wildman–Crippen LogP) is 1.19. The molecule has 1 aliphatic carbocycles. The average Bonchev–Trinajstić information content (AvgIpc) is 2.12. The lowest BCUT2D eigenvalue weighted by Gasteiger charge is -2.33. The Morgan fingerprint density at radius 2 is 1.72 bits per heavy atom. The molecule has 1 saturated carbocycles. The van der Waals surface area contributed by atoms with Gasteiger partial charge in [0, 0.05) is 26.4 Å². The number of rotatable bonds is 5. The van der Waals surface area contributed by atoms with Crippen LogP contribution in [0.5, 0.6) is 0 Å². The van der Waals surface area contributed by atoms with Crippen LogP contribution >= 0.6 is 25.8 Å². The Morgan fingerprint density at radius 1 is 1.22 bits per heavy atom. The van der Waals surface area contributed by atoms with Gasteiger partial charge in [-0.1, -0.05) is 12.2 Å². The van der Waals surface area contributed by atoms with Gasteiger partial charge in [-0.15, -0.1) is 0 Å². The third-order valence-electron chi connectivity index (χ3n) is 2.40. The first kappa shape index (κ1) is 17.0. The number of hydrogen-bond donors (Lipinski definition) is 4. The van der Waals surface area contributed by atoms with Gasteiger partial charge in [-0.05, 0) is 11.8 Å². The molecule has 0 amide bonds. The quantitative estimate of drug-likeness (QED) is 0.438. The summed E-state index contributed by atoms with van der Waals surface area (Å²) in [6, 6.07) is 0. The van der Waals surface area contributed by atoms with Gasteiger partial charge in [-0.2, -0.15) is 0 Å². The molecule has 0 bridgehead atoms. The fraction of sp³-hybridized carbons (Fsp3) is 1.00. The van der Waals surface area contributed by atoms with Gasteiger partial charge in [0.15, 0.2) is 0 Å². The van der Waals surface area contributed by atoms with E-state index in [2.05, 4.69) is 16.8 Å². The number of hydrogen-bond acceptors (Lipinski definition) is 6. The zero-order chi connectivity index (χ0) is 14.0. The second-order valence-corrected chi connectivity index (χ2v) is 9.56. The Labute approximate surface area is 115 Å². The SMILES string of the molecule is COP(O)(=S)O[C@H]1C[C@@H](O)C[C@@H](OP(=O)(O)S)C1. The summed E-state index contributed by atoms with van der Waals surface area (Å²) in [5.74, 6) is 0. The maximum atomic E-state index is 11.0. The molecule has 11 heteroatoms. The van der Waals surface area contributed by atoms with Crippen LogP contribution in [0.4, 0.5) is 0 Å². The smallest absolute Gasteiger partial charge is 0.383 e. The van der Waals surface area contributed by atoms with Crippen LogP contribution < -0.4 is 0 Å². The molecule has 0 aromatic heterocycles. The third kappa shape index (κ3) is 6.43. The van der Waals surface area contributed by atoms with E-state index < -0.39 is 31.8 Å². The molecule has 0 radical (unpaired) electrons. The Bertz CT molecular complexity index is 373. The van der Waals surface area contributed by atoms with Crippen molar-refractivity contribution in [1.29, 1.82) is 0 Å². The second kappa shape index (κ2) is 6.63. The van der Waals surface area contributed by atoms with Crippen molar-refractivity contribution >= 4 is 37.6 Å². The average molecular weight is 338 g/mol. The van der Waals surface area contributed by atoms with Gasteiger partial charge in [0.05, 0.1) is 18.3 Å². The minimum atomic E-state index is -3.93. The van der Waals surface area contributed by atoms with Crippen LogP contribution in [0.15, 0.2) is 0 Å². The molecule has 2 unspecified atom stereocenters. The fourth-order valence-electron chi connectivity index (χ4n) is 1.79. The molecule has 0 heterocycles. The molecular weight excluding hydrogens is 322 g/mol. The largest absolute Gasteiger partial charge is 0.393 e. The van der Waals surface area contributed by atoms with Crippen molar-refractivity contribution in [3.05, 3.63) is 0 Å². The fourth-order valence-corrected chi connectivity index (χ4v) is 3.75. The van der Waals surface area contributed by atoms with Gasteiger partial charge in [0.25, 0.3) is 0 Å². The summed E-state index contributed by atoms with van der Waals surface area (Å²) in [5.41, 5.74) is 0. The second-order valence-electron chi connectivity index (χ2n) is 3.96. The first-order valence-corrected chi connectivity index (χ1v) is 10.4. The molecule has 3 N–H and O–H groups in total. The molecule has 1 aliphatic rings. The normalized spacial score (nSPS) is 35.7. The molecule has 0 aromatic carbocycles. The van der Waals surface area contributed by atoms with Crippen molar-refractivity contribution in [2.75, 3.05) is 7.11 Å². The van der Waals surface area contributed by atoms with Crippen molar-refractivity contribution in [3.8, 4) is 0 Å². The van der Waals surface area contributed by atoms with Gasteiger partial charge in [-0.3, -0.25) is 4.52 Å². The molecular formula is C7H16O7P2S2. The van der Waals surface area contributed by atoms with E-state index in [1.54, 1.807) is 0 Å². The Kier molecular flexibility index (Phi) is 6.28. The topological polar surface area (TPSA) is 105 Å². The summed E-state index contributed by atoms with van der Waals surface area (Å²) in [7, 11) is 1.23. The van der Waals surface area contributed by atoms with E-state index in [4.69, 9.17) is 25.7 Å². The van der Waals surface area contributed by atoms with Crippen molar-refractivity contribution in [2.45, 2.75) is 37.6 Å². The molecule has 1 rings (SSSR count). The Hall–Kier alpha value is 0.990. The minimum Gasteiger partial charge on any atom is -0.393 e. The highest BCUT2D eigenvalue weighted by molar-refractivity contribution is 8.44. The maximum Gasteiger partial charge on any atom is 0.383 e. The molecule has 18 heavy (non-hydrogen) atoms. The zero-order valence-corrected chi connectivity index (χ0v) is 13.1. The van der Waals surface area contributed by atoms with Gasteiger partial charge in [0.2, 0.25) is 0 Å². The van der Waals surface area contributed by atoms with Gasteiger partial charge < -0.3 is 23.9 Å². The summed E-state index contributed by atoms with van der Waals surface area (Å²) in [4.78, 5) is 18.5. The zero-order valence-electron chi connectivity index (χ0n) is 9.58. The molecule has 7 nitrogen and oxygen atoms in total. The lowest BCUT2D eigenvalue weighted by atomic mass is 9.93. The molecule has 5 atom stereocenters. The van der Waals surface area contributed by atoms with E-state index in [1.165, 1.54) is 7.11 Å². The van der Waals surface area contributed by atoms with Crippen LogP contribution in [0, 0.1) is 0 Å². The summed E-state index contributed by atoms with van der Waals surface area (Å²) >= 11 is 8.10. The molecule has 0 aromatic rings. The lowest BCUT2D eigenvalue weighted by molar-refractivity contribution is -0.0117. The standard InChI is InChI=1S/C7H16O7P2S2/c1-12-16(11,18)14-7-3-5(8)2-6(4-7)13-15(9,10)17/h5-8H,2-4H2,1H3,(H,11,18)(H2,9,10,17)/t5-,6+,7-,16?/m0/s1. The van der Waals surface area contributed by atoms with Crippen LogP contribution in [-0.2, 0) is 29.9 Å². The third-order valence-corrected chi connectivity index (χ3v) is 4.98. The van der Waals surface area contributed by atoms with Gasteiger partial charge in [-0.25, -0.2) is 4.57 Å². The highest BCUT2D eigenvalue weighted by atomic mass is 32.7. The minimum absolute atomic E-state index is 0.201. The summed E-state index contributed by atoms with van der Waals surface area (Å²) in [6.07, 6.45) is -1.35. The summed E-state index contributed by atoms with van der Waals surface area (Å²) in [6.45, 7) is -7.26. The van der Waals surface area contributed by atoms with Crippen LogP contribution in [0.2, 0.25) is 0 Å². The van der Waals surface area contributed by atoms with Crippen LogP contribution in [0.1, 0.15) is 19.3 Å². The van der Waals surface area contributed by atoms with Crippen LogP contribution in [0.25, 0.3) is 0 Å². The van der Waals surface area contributed by atoms with Crippen molar-refractivity contribution < 1.29 is 33.0 Å². The maximum absolute atomic E-state index is 11.0. The summed E-state index contributed by atoms with van der Waals surface area (Å²) < 4.78 is 25.6. The van der Waals surface area contributed by atoms with E-state index >= 15 is 0 Å². The first-order valence-electron chi connectivity index (χ1n) is 5.10. The van der Waals surface area contributed by atoms with Crippen LogP contribution in [0.3, 0.4) is 0 Å². The Morgan fingerprint density at radius 3 is 2.17 bits per heavy atom. The van der Waals surface area contributed by atoms with Gasteiger partial charge >= 0.3 is 13.5 Å². The molecule has 0 saturated heterocycles. The molecule has 1 fully saturated rings. The Balaban J connectivity index is 2.61. The van der Waals surface area contributed by atoms with Gasteiger partial charge in [0.1, 0.15) is 0 Å². The lowest BCUT2D eigenvalue weighted by Crippen LogP contribution is -2.34. The highest BCUT2D eigenvalue weighted by Gasteiger charge is 2.34. The highest BCUT2D eigenvalue weighted by Crippen LogP contribution is 2.51. The van der Waals surface area contributed by atoms with Crippen molar-refractivity contribution in [3.63, 3.8) is 0 Å². The predicted molar refractivity (Wildman–Crippen MR) is 71.9 cm³/mol. The summed E-state index contributed by atoms with van der Waals surface area (Å²) in [5, 5.41) is 9.62. The molecule has 108 valence electrons.